The standard InChI is InChI=1S/C12H15NO5/c1-13(11(14)12(15)18-4)9-6-5-8(16-2)7-10(9)17-3/h5-7H,1-4H3. The molecule has 6 heteroatoms. The van der Waals surface area contributed by atoms with E-state index in [-0.39, 0.29) is 0 Å². The van der Waals surface area contributed by atoms with Crippen molar-refractivity contribution >= 4 is 17.6 Å². The number of nitrogens with zero attached hydrogens (tertiary/aromatic N) is 1. The van der Waals surface area contributed by atoms with E-state index in [0.717, 1.165) is 12.0 Å². The molecule has 1 rings (SSSR count). The number of benzene rings is 1. The maximum Gasteiger partial charge on any atom is 0.397 e. The minimum absolute atomic E-state index is 0.425. The Labute approximate surface area is 105 Å². The largest absolute Gasteiger partial charge is 0.497 e. The second-order valence-electron chi connectivity index (χ2n) is 3.39. The molecule has 0 saturated heterocycles. The lowest BCUT2D eigenvalue weighted by Crippen LogP contribution is -2.34. The summed E-state index contributed by atoms with van der Waals surface area (Å²) in [4.78, 5) is 24.0. The average molecular weight is 253 g/mol. The number of hydrogen-bond donors (Lipinski definition) is 0. The highest BCUT2D eigenvalue weighted by Gasteiger charge is 2.23. The molecule has 0 N–H and O–H groups in total. The Balaban J connectivity index is 3.08. The molecule has 1 aromatic rings. The Morgan fingerprint density at radius 1 is 1.11 bits per heavy atom. The molecule has 18 heavy (non-hydrogen) atoms. The van der Waals surface area contributed by atoms with Crippen LogP contribution in [0.4, 0.5) is 5.69 Å². The van der Waals surface area contributed by atoms with Gasteiger partial charge < -0.3 is 19.1 Å². The number of ether oxygens (including phenoxy) is 3. The van der Waals surface area contributed by atoms with Gasteiger partial charge in [-0.2, -0.15) is 0 Å². The zero-order chi connectivity index (χ0) is 13.7. The number of amides is 1. The maximum atomic E-state index is 11.7. The average Bonchev–Trinajstić information content (AvgIpc) is 2.43. The third-order valence-electron chi connectivity index (χ3n) is 2.41. The second kappa shape index (κ2) is 5.90. The number of carbonyl (C=O) groups is 2. The fraction of sp³-hybridized carbons (Fsp3) is 0.333. The number of esters is 1. The third-order valence-corrected chi connectivity index (χ3v) is 2.41. The van der Waals surface area contributed by atoms with Gasteiger partial charge >= 0.3 is 11.9 Å². The van der Waals surface area contributed by atoms with Gasteiger partial charge in [-0.1, -0.05) is 0 Å². The summed E-state index contributed by atoms with van der Waals surface area (Å²) in [6, 6.07) is 4.91. The molecule has 0 saturated carbocycles. The summed E-state index contributed by atoms with van der Waals surface area (Å²) in [6.45, 7) is 0. The predicted molar refractivity (Wildman–Crippen MR) is 65.0 cm³/mol. The molecule has 0 aliphatic heterocycles. The number of anilines is 1. The van der Waals surface area contributed by atoms with Crippen molar-refractivity contribution in [1.29, 1.82) is 0 Å². The molecule has 98 valence electrons. The minimum atomic E-state index is -0.935. The van der Waals surface area contributed by atoms with E-state index in [2.05, 4.69) is 4.74 Å². The topological polar surface area (TPSA) is 65.1 Å². The maximum absolute atomic E-state index is 11.7. The lowest BCUT2D eigenvalue weighted by atomic mass is 10.2. The van der Waals surface area contributed by atoms with Gasteiger partial charge in [-0.25, -0.2) is 4.79 Å². The van der Waals surface area contributed by atoms with Crippen LogP contribution < -0.4 is 14.4 Å². The van der Waals surface area contributed by atoms with E-state index in [1.54, 1.807) is 18.2 Å². The summed E-state index contributed by atoms with van der Waals surface area (Å²) in [5.41, 5.74) is 0.453. The highest BCUT2D eigenvalue weighted by atomic mass is 16.5. The lowest BCUT2D eigenvalue weighted by Gasteiger charge is -2.19. The van der Waals surface area contributed by atoms with Gasteiger partial charge in [0.15, 0.2) is 0 Å². The van der Waals surface area contributed by atoms with Gasteiger partial charge in [0.1, 0.15) is 11.5 Å². The molecule has 6 nitrogen and oxygen atoms in total. The van der Waals surface area contributed by atoms with Gasteiger partial charge in [0, 0.05) is 13.1 Å². The first-order valence-electron chi connectivity index (χ1n) is 5.13. The highest BCUT2D eigenvalue weighted by molar-refractivity contribution is 6.38. The van der Waals surface area contributed by atoms with Crippen LogP contribution in [0.25, 0.3) is 0 Å². The number of hydrogen-bond acceptors (Lipinski definition) is 5. The van der Waals surface area contributed by atoms with Gasteiger partial charge in [0.05, 0.1) is 27.0 Å². The summed E-state index contributed by atoms with van der Waals surface area (Å²) < 4.78 is 14.6. The molecule has 0 bridgehead atoms. The van der Waals surface area contributed by atoms with Crippen LogP contribution in [0.2, 0.25) is 0 Å². The quantitative estimate of drug-likeness (QED) is 0.590. The fourth-order valence-corrected chi connectivity index (χ4v) is 1.40. The molecule has 0 aliphatic carbocycles. The van der Waals surface area contributed by atoms with E-state index in [0.29, 0.717) is 17.2 Å². The van der Waals surface area contributed by atoms with Crippen molar-refractivity contribution in [2.45, 2.75) is 0 Å². The highest BCUT2D eigenvalue weighted by Crippen LogP contribution is 2.31. The first kappa shape index (κ1) is 13.8. The summed E-state index contributed by atoms with van der Waals surface area (Å²) in [5.74, 6) is -0.694. The molecule has 0 heterocycles. The predicted octanol–water partition coefficient (Wildman–Crippen LogP) is 0.840. The molecule has 0 fully saturated rings. The first-order chi connectivity index (χ1) is 8.54. The van der Waals surface area contributed by atoms with Gasteiger partial charge in [0.25, 0.3) is 0 Å². The second-order valence-corrected chi connectivity index (χ2v) is 3.39. The molecule has 0 atom stereocenters. The Bertz CT molecular complexity index is 458. The van der Waals surface area contributed by atoms with Crippen LogP contribution in [0.3, 0.4) is 0 Å². The number of likely N-dealkylation sites (N-methyl/N-ethyl adjacent to an activating group) is 1. The molecule has 1 aromatic carbocycles. The lowest BCUT2D eigenvalue weighted by molar-refractivity contribution is -0.151. The fourth-order valence-electron chi connectivity index (χ4n) is 1.40. The Morgan fingerprint density at radius 3 is 2.28 bits per heavy atom. The van der Waals surface area contributed by atoms with Crippen LogP contribution in [-0.4, -0.2) is 40.3 Å². The minimum Gasteiger partial charge on any atom is -0.497 e. The molecular weight excluding hydrogens is 238 g/mol. The van der Waals surface area contributed by atoms with Crippen molar-refractivity contribution < 1.29 is 23.8 Å². The zero-order valence-electron chi connectivity index (χ0n) is 10.7. The SMILES string of the molecule is COC(=O)C(=O)N(C)c1ccc(OC)cc1OC. The molecule has 0 aromatic heterocycles. The first-order valence-corrected chi connectivity index (χ1v) is 5.13. The molecular formula is C12H15NO5. The van der Waals surface area contributed by atoms with Crippen molar-refractivity contribution in [2.24, 2.45) is 0 Å². The Kier molecular flexibility index (Phi) is 4.53. The van der Waals surface area contributed by atoms with Crippen molar-refractivity contribution in [3.8, 4) is 11.5 Å². The van der Waals surface area contributed by atoms with Crippen LogP contribution in [0.5, 0.6) is 11.5 Å². The Hall–Kier alpha value is -2.24. The number of rotatable bonds is 3. The van der Waals surface area contributed by atoms with Crippen molar-refractivity contribution in [3.63, 3.8) is 0 Å². The summed E-state index contributed by atoms with van der Waals surface area (Å²) in [6.07, 6.45) is 0. The van der Waals surface area contributed by atoms with Crippen molar-refractivity contribution in [2.75, 3.05) is 33.3 Å². The van der Waals surface area contributed by atoms with Crippen LogP contribution in [0.1, 0.15) is 0 Å². The number of methoxy groups -OCH3 is 3. The van der Waals surface area contributed by atoms with E-state index < -0.39 is 11.9 Å². The van der Waals surface area contributed by atoms with E-state index in [4.69, 9.17) is 9.47 Å². The van der Waals surface area contributed by atoms with Gasteiger partial charge in [-0.15, -0.1) is 0 Å². The van der Waals surface area contributed by atoms with Gasteiger partial charge in [-0.3, -0.25) is 4.79 Å². The zero-order valence-corrected chi connectivity index (χ0v) is 10.7. The van der Waals surface area contributed by atoms with Crippen LogP contribution in [-0.2, 0) is 14.3 Å². The molecule has 0 unspecified atom stereocenters. The van der Waals surface area contributed by atoms with E-state index >= 15 is 0 Å². The number of carbonyl (C=O) groups excluding carboxylic acids is 2. The molecule has 0 spiro atoms. The summed E-state index contributed by atoms with van der Waals surface area (Å²) in [5, 5.41) is 0. The van der Waals surface area contributed by atoms with E-state index in [1.807, 2.05) is 0 Å². The van der Waals surface area contributed by atoms with Crippen molar-refractivity contribution in [3.05, 3.63) is 18.2 Å². The molecule has 0 radical (unpaired) electrons. The summed E-state index contributed by atoms with van der Waals surface area (Å²) in [7, 11) is 5.61. The Morgan fingerprint density at radius 2 is 1.78 bits per heavy atom. The van der Waals surface area contributed by atoms with E-state index in [9.17, 15) is 9.59 Å². The van der Waals surface area contributed by atoms with Gasteiger partial charge in [0.2, 0.25) is 0 Å². The summed E-state index contributed by atoms with van der Waals surface area (Å²) >= 11 is 0. The van der Waals surface area contributed by atoms with Crippen LogP contribution in [0, 0.1) is 0 Å². The monoisotopic (exact) mass is 253 g/mol. The smallest absolute Gasteiger partial charge is 0.397 e. The molecule has 1 amide bonds. The third kappa shape index (κ3) is 2.71. The molecule has 0 aliphatic rings. The van der Waals surface area contributed by atoms with Crippen LogP contribution in [0.15, 0.2) is 18.2 Å². The van der Waals surface area contributed by atoms with Gasteiger partial charge in [-0.05, 0) is 12.1 Å². The van der Waals surface area contributed by atoms with E-state index in [1.165, 1.54) is 21.3 Å². The van der Waals surface area contributed by atoms with Crippen molar-refractivity contribution in [1.82, 2.24) is 0 Å². The normalized spacial score (nSPS) is 9.56. The van der Waals surface area contributed by atoms with Crippen LogP contribution >= 0.6 is 0 Å².